The van der Waals surface area contributed by atoms with E-state index >= 15 is 0 Å². The zero-order chi connectivity index (χ0) is 26.9. The van der Waals surface area contributed by atoms with Crippen molar-refractivity contribution < 1.29 is 4.74 Å². The van der Waals surface area contributed by atoms with E-state index < -0.39 is 0 Å². The third kappa shape index (κ3) is 3.22. The average molecular weight is 528 g/mol. The van der Waals surface area contributed by atoms with Gasteiger partial charge < -0.3 is 4.74 Å². The maximum absolute atomic E-state index is 6.47. The molecular weight excluding hydrogens is 506 g/mol. The molecule has 4 aromatic carbocycles. The number of pyridine rings is 3. The van der Waals surface area contributed by atoms with Gasteiger partial charge >= 0.3 is 0 Å². The Morgan fingerprint density at radius 1 is 0.463 bits per heavy atom. The molecule has 0 aliphatic rings. The molecule has 6 nitrogen and oxygen atoms in total. The molecule has 41 heavy (non-hydrogen) atoms. The average Bonchev–Trinajstić information content (AvgIpc) is 3.73. The van der Waals surface area contributed by atoms with Gasteiger partial charge in [0, 0.05) is 58.1 Å². The van der Waals surface area contributed by atoms with E-state index in [9.17, 15) is 0 Å². The molecule has 9 rings (SSSR count). The number of rotatable bonds is 3. The highest BCUT2D eigenvalue weighted by Crippen LogP contribution is 2.38. The highest BCUT2D eigenvalue weighted by atomic mass is 16.5. The lowest BCUT2D eigenvalue weighted by Gasteiger charge is -2.14. The van der Waals surface area contributed by atoms with Crippen LogP contribution in [0.5, 0.6) is 11.5 Å². The highest BCUT2D eigenvalue weighted by molar-refractivity contribution is 6.15. The second kappa shape index (κ2) is 8.37. The first-order valence-corrected chi connectivity index (χ1v) is 13.5. The summed E-state index contributed by atoms with van der Waals surface area (Å²) in [6.45, 7) is 0. The number of fused-ring (bicyclic) bond motifs is 12. The minimum absolute atomic E-state index is 0.747. The van der Waals surface area contributed by atoms with Crippen LogP contribution in [0.3, 0.4) is 0 Å². The van der Waals surface area contributed by atoms with Gasteiger partial charge in [-0.25, -0.2) is 15.0 Å². The zero-order valence-electron chi connectivity index (χ0n) is 21.8. The molecule has 0 saturated carbocycles. The Kier molecular flexibility index (Phi) is 4.51. The summed E-state index contributed by atoms with van der Waals surface area (Å²) in [5.41, 5.74) is 6.15. The first kappa shape index (κ1) is 22.1. The van der Waals surface area contributed by atoms with Crippen molar-refractivity contribution in [3.05, 3.63) is 128 Å². The summed E-state index contributed by atoms with van der Waals surface area (Å²) in [6.07, 6.45) is 9.47. The molecule has 0 atom stereocenters. The van der Waals surface area contributed by atoms with Crippen LogP contribution in [0, 0.1) is 0 Å². The minimum atomic E-state index is 0.747. The maximum atomic E-state index is 6.47. The van der Waals surface area contributed by atoms with E-state index in [0.29, 0.717) is 0 Å². The fourth-order valence-corrected chi connectivity index (χ4v) is 6.18. The molecule has 0 aliphatic carbocycles. The van der Waals surface area contributed by atoms with Gasteiger partial charge in [-0.3, -0.25) is 8.80 Å². The Morgan fingerprint density at radius 3 is 1.88 bits per heavy atom. The number of para-hydroxylation sites is 1. The van der Waals surface area contributed by atoms with Gasteiger partial charge in [0.15, 0.2) is 0 Å². The van der Waals surface area contributed by atoms with Crippen molar-refractivity contribution in [2.24, 2.45) is 0 Å². The van der Waals surface area contributed by atoms with Crippen LogP contribution in [0.1, 0.15) is 0 Å². The van der Waals surface area contributed by atoms with E-state index in [-0.39, 0.29) is 0 Å². The van der Waals surface area contributed by atoms with E-state index in [1.54, 1.807) is 0 Å². The molecule has 6 heteroatoms. The van der Waals surface area contributed by atoms with Crippen molar-refractivity contribution in [3.63, 3.8) is 0 Å². The number of imidazole rings is 2. The molecule has 0 fully saturated rings. The lowest BCUT2D eigenvalue weighted by atomic mass is 9.98. The Morgan fingerprint density at radius 2 is 1.10 bits per heavy atom. The lowest BCUT2D eigenvalue weighted by Crippen LogP contribution is -1.95. The van der Waals surface area contributed by atoms with Crippen LogP contribution in [-0.4, -0.2) is 23.8 Å². The number of nitrogens with zero attached hydrogens (tertiary/aromatic N) is 5. The molecule has 0 spiro atoms. The second-order valence-corrected chi connectivity index (χ2v) is 10.2. The molecule has 0 aliphatic heterocycles. The van der Waals surface area contributed by atoms with Crippen molar-refractivity contribution in [3.8, 4) is 22.6 Å². The number of hydrogen-bond donors (Lipinski definition) is 0. The van der Waals surface area contributed by atoms with Crippen molar-refractivity contribution in [1.29, 1.82) is 0 Å². The lowest BCUT2D eigenvalue weighted by molar-refractivity contribution is 0.484. The van der Waals surface area contributed by atoms with Crippen LogP contribution >= 0.6 is 0 Å². The second-order valence-electron chi connectivity index (χ2n) is 10.2. The first-order chi connectivity index (χ1) is 20.3. The smallest absolute Gasteiger partial charge is 0.146 e. The Bertz CT molecular complexity index is 2460. The van der Waals surface area contributed by atoms with Gasteiger partial charge in [-0.15, -0.1) is 0 Å². The summed E-state index contributed by atoms with van der Waals surface area (Å²) in [6, 6.07) is 33.5. The maximum Gasteiger partial charge on any atom is 0.146 e. The zero-order valence-corrected chi connectivity index (χ0v) is 21.8. The Labute approximate surface area is 233 Å². The molecule has 0 saturated heterocycles. The summed E-state index contributed by atoms with van der Waals surface area (Å²) < 4.78 is 10.7. The van der Waals surface area contributed by atoms with Gasteiger partial charge in [-0.1, -0.05) is 48.5 Å². The van der Waals surface area contributed by atoms with Crippen LogP contribution in [0.4, 0.5) is 0 Å². The van der Waals surface area contributed by atoms with Gasteiger partial charge in [0.05, 0.1) is 5.52 Å². The minimum Gasteiger partial charge on any atom is -0.457 e. The van der Waals surface area contributed by atoms with Crippen LogP contribution in [0.15, 0.2) is 128 Å². The van der Waals surface area contributed by atoms with Gasteiger partial charge in [0.25, 0.3) is 0 Å². The molecule has 0 amide bonds. The summed E-state index contributed by atoms with van der Waals surface area (Å²) in [5.74, 6) is 1.50. The summed E-state index contributed by atoms with van der Waals surface area (Å²) in [4.78, 5) is 14.0. The fraction of sp³-hybridized carbons (Fsp3) is 0. The number of ether oxygens (including phenoxy) is 1. The fourth-order valence-electron chi connectivity index (χ4n) is 6.18. The third-order valence-electron chi connectivity index (χ3n) is 7.94. The van der Waals surface area contributed by atoms with Crippen molar-refractivity contribution in [1.82, 2.24) is 23.8 Å². The van der Waals surface area contributed by atoms with E-state index in [0.717, 1.165) is 60.9 Å². The number of hydrogen-bond acceptors (Lipinski definition) is 4. The number of aromatic nitrogens is 5. The van der Waals surface area contributed by atoms with Crippen LogP contribution in [0.25, 0.3) is 65.9 Å². The van der Waals surface area contributed by atoms with Crippen molar-refractivity contribution in [2.45, 2.75) is 0 Å². The van der Waals surface area contributed by atoms with Gasteiger partial charge in [0.2, 0.25) is 0 Å². The molecule has 0 radical (unpaired) electrons. The summed E-state index contributed by atoms with van der Waals surface area (Å²) in [5, 5.41) is 6.54. The van der Waals surface area contributed by atoms with Crippen LogP contribution < -0.4 is 4.74 Å². The summed E-state index contributed by atoms with van der Waals surface area (Å²) in [7, 11) is 0. The topological polar surface area (TPSA) is 56.7 Å². The largest absolute Gasteiger partial charge is 0.457 e. The molecule has 5 aromatic heterocycles. The third-order valence-corrected chi connectivity index (χ3v) is 7.94. The first-order valence-electron chi connectivity index (χ1n) is 13.5. The van der Waals surface area contributed by atoms with Crippen molar-refractivity contribution in [2.75, 3.05) is 0 Å². The summed E-state index contributed by atoms with van der Waals surface area (Å²) >= 11 is 0. The van der Waals surface area contributed by atoms with Gasteiger partial charge in [-0.05, 0) is 64.9 Å². The van der Waals surface area contributed by atoms with E-state index in [2.05, 4.69) is 87.2 Å². The molecular formula is C35H21N5O. The van der Waals surface area contributed by atoms with Crippen molar-refractivity contribution >= 4 is 54.8 Å². The number of benzene rings is 4. The quantitative estimate of drug-likeness (QED) is 0.216. The van der Waals surface area contributed by atoms with Crippen LogP contribution in [-0.2, 0) is 0 Å². The Balaban J connectivity index is 1.21. The molecule has 0 bridgehead atoms. The molecule has 0 N–H and O–H groups in total. The predicted molar refractivity (Wildman–Crippen MR) is 164 cm³/mol. The SMILES string of the molecule is c1ccc(-c2cccc3c4ccc(Oc5ccc6c7cccnc7n7ccnc7c6c5)cc4c4nccn4c23)cc1. The predicted octanol–water partition coefficient (Wildman–Crippen LogP) is 8.45. The molecule has 0 unspecified atom stereocenters. The molecule has 5 heterocycles. The van der Waals surface area contributed by atoms with Gasteiger partial charge in [0.1, 0.15) is 28.4 Å². The normalized spacial score (nSPS) is 11.9. The molecule has 192 valence electrons. The monoisotopic (exact) mass is 527 g/mol. The van der Waals surface area contributed by atoms with Crippen LogP contribution in [0.2, 0.25) is 0 Å². The van der Waals surface area contributed by atoms with E-state index in [1.165, 1.54) is 16.5 Å². The van der Waals surface area contributed by atoms with E-state index in [1.807, 2.05) is 59.7 Å². The van der Waals surface area contributed by atoms with E-state index in [4.69, 9.17) is 9.72 Å². The van der Waals surface area contributed by atoms with Gasteiger partial charge in [-0.2, -0.15) is 0 Å². The standard InChI is InChI=1S/C35H21N5O/c1-2-6-22(7-3-1)25-8-4-9-28-26-13-11-23(20-30(26)34-37-16-18-39(34)32(25)28)41-24-12-14-27-29-10-5-15-36-33(29)40-19-17-38-35(40)31(27)21-24/h1-21H. The Hall–Kier alpha value is -5.75. The highest BCUT2D eigenvalue weighted by Gasteiger charge is 2.15. The molecule has 9 aromatic rings.